The van der Waals surface area contributed by atoms with Crippen LogP contribution in [0, 0.1) is 17.1 Å². The molecule has 0 aliphatic heterocycles. The van der Waals surface area contributed by atoms with Crippen LogP contribution in [0.1, 0.15) is 18.4 Å². The number of hydrogen-bond donors (Lipinski definition) is 0. The summed E-state index contributed by atoms with van der Waals surface area (Å²) in [6, 6.07) is 6.69. The maximum absolute atomic E-state index is 12.7. The average Bonchev–Trinajstić information content (AvgIpc) is 2.08. The van der Waals surface area contributed by atoms with Crippen LogP contribution in [0.25, 0.3) is 0 Å². The number of benzene rings is 1. The minimum atomic E-state index is -0.302. The molecule has 3 heteroatoms. The Kier molecular flexibility index (Phi) is 2.83. The van der Waals surface area contributed by atoms with Gasteiger partial charge in [-0.15, -0.1) is 0 Å². The van der Waals surface area contributed by atoms with Crippen molar-refractivity contribution < 1.29 is 4.39 Å². The van der Waals surface area contributed by atoms with Crippen molar-refractivity contribution in [3.63, 3.8) is 0 Å². The maximum Gasteiger partial charge on any atom is 0.137 e. The van der Waals surface area contributed by atoms with Gasteiger partial charge in [-0.3, -0.25) is 0 Å². The van der Waals surface area contributed by atoms with E-state index < -0.39 is 0 Å². The van der Waals surface area contributed by atoms with Crippen LogP contribution in [0.3, 0.4) is 0 Å². The van der Waals surface area contributed by atoms with Gasteiger partial charge in [0.1, 0.15) is 5.82 Å². The molecule has 0 heterocycles. The van der Waals surface area contributed by atoms with Gasteiger partial charge in [-0.25, -0.2) is 4.39 Å². The first-order valence-corrected chi connectivity index (χ1v) is 4.29. The molecule has 0 fully saturated rings. The number of halogens is 2. The van der Waals surface area contributed by atoms with Crippen LogP contribution < -0.4 is 0 Å². The zero-order valence-corrected chi connectivity index (χ0v) is 8.10. The highest BCUT2D eigenvalue weighted by molar-refractivity contribution is 9.10. The van der Waals surface area contributed by atoms with Crippen LogP contribution in [0.15, 0.2) is 22.7 Å². The lowest BCUT2D eigenvalue weighted by Crippen LogP contribution is -1.90. The van der Waals surface area contributed by atoms with Gasteiger partial charge in [0.2, 0.25) is 0 Å². The van der Waals surface area contributed by atoms with E-state index in [0.717, 1.165) is 5.56 Å². The van der Waals surface area contributed by atoms with Crippen LogP contribution in [-0.4, -0.2) is 0 Å². The molecular weight excluding hydrogens is 221 g/mol. The van der Waals surface area contributed by atoms with Crippen LogP contribution in [0.4, 0.5) is 4.39 Å². The molecule has 12 heavy (non-hydrogen) atoms. The van der Waals surface area contributed by atoms with Crippen molar-refractivity contribution in [1.82, 2.24) is 0 Å². The minimum absolute atomic E-state index is 0.193. The van der Waals surface area contributed by atoms with E-state index in [1.165, 1.54) is 6.07 Å². The molecule has 1 atom stereocenters. The second kappa shape index (κ2) is 3.68. The fourth-order valence-corrected chi connectivity index (χ4v) is 1.25. The molecule has 0 bridgehead atoms. The van der Waals surface area contributed by atoms with Crippen LogP contribution in [0.2, 0.25) is 0 Å². The Labute approximate surface area is 79.0 Å². The zero-order chi connectivity index (χ0) is 9.14. The van der Waals surface area contributed by atoms with Crippen molar-refractivity contribution in [3.8, 4) is 6.07 Å². The summed E-state index contributed by atoms with van der Waals surface area (Å²) in [5.41, 5.74) is 0.825. The Morgan fingerprint density at radius 2 is 2.25 bits per heavy atom. The molecule has 0 aliphatic carbocycles. The normalized spacial score (nSPS) is 12.2. The lowest BCUT2D eigenvalue weighted by atomic mass is 10.0. The maximum atomic E-state index is 12.7. The molecule has 0 spiro atoms. The standard InChI is InChI=1S/C9H7BrFN/c1-6(5-12)7-2-3-9(11)8(10)4-7/h2-4,6H,1H3. The van der Waals surface area contributed by atoms with Gasteiger partial charge in [0.05, 0.1) is 16.5 Å². The van der Waals surface area contributed by atoms with Crippen LogP contribution in [-0.2, 0) is 0 Å². The topological polar surface area (TPSA) is 23.8 Å². The van der Waals surface area contributed by atoms with Gasteiger partial charge in [-0.2, -0.15) is 5.26 Å². The van der Waals surface area contributed by atoms with E-state index in [9.17, 15) is 4.39 Å². The van der Waals surface area contributed by atoms with E-state index in [-0.39, 0.29) is 11.7 Å². The number of rotatable bonds is 1. The van der Waals surface area contributed by atoms with Crippen molar-refractivity contribution in [2.24, 2.45) is 0 Å². The van der Waals surface area contributed by atoms with Gasteiger partial charge >= 0.3 is 0 Å². The molecule has 1 aromatic carbocycles. The van der Waals surface area contributed by atoms with Gasteiger partial charge in [0.25, 0.3) is 0 Å². The minimum Gasteiger partial charge on any atom is -0.206 e. The molecule has 1 nitrogen and oxygen atoms in total. The summed E-state index contributed by atoms with van der Waals surface area (Å²) in [6.07, 6.45) is 0. The monoisotopic (exact) mass is 227 g/mol. The fourth-order valence-electron chi connectivity index (χ4n) is 0.856. The third-order valence-corrected chi connectivity index (χ3v) is 2.25. The Balaban J connectivity index is 3.06. The first-order chi connectivity index (χ1) is 5.65. The van der Waals surface area contributed by atoms with Crippen molar-refractivity contribution in [2.45, 2.75) is 12.8 Å². The lowest BCUT2D eigenvalue weighted by Gasteiger charge is -2.02. The molecule has 0 N–H and O–H groups in total. The fraction of sp³-hybridized carbons (Fsp3) is 0.222. The van der Waals surface area contributed by atoms with Gasteiger partial charge in [0, 0.05) is 0 Å². The van der Waals surface area contributed by atoms with Crippen molar-refractivity contribution in [1.29, 1.82) is 5.26 Å². The van der Waals surface area contributed by atoms with Gasteiger partial charge in [-0.05, 0) is 40.5 Å². The lowest BCUT2D eigenvalue weighted by molar-refractivity contribution is 0.620. The van der Waals surface area contributed by atoms with Gasteiger partial charge in [-0.1, -0.05) is 6.07 Å². The molecule has 0 aliphatic rings. The van der Waals surface area contributed by atoms with Crippen molar-refractivity contribution in [2.75, 3.05) is 0 Å². The Bertz CT molecular complexity index is 330. The molecule has 0 saturated heterocycles. The highest BCUT2D eigenvalue weighted by Gasteiger charge is 2.05. The van der Waals surface area contributed by atoms with Gasteiger partial charge < -0.3 is 0 Å². The first-order valence-electron chi connectivity index (χ1n) is 3.49. The molecule has 0 radical (unpaired) electrons. The summed E-state index contributed by atoms with van der Waals surface area (Å²) in [4.78, 5) is 0. The third kappa shape index (κ3) is 1.83. The van der Waals surface area contributed by atoms with Crippen LogP contribution in [0.5, 0.6) is 0 Å². The molecule has 0 amide bonds. The van der Waals surface area contributed by atoms with E-state index in [2.05, 4.69) is 22.0 Å². The molecule has 0 saturated carbocycles. The summed E-state index contributed by atoms with van der Waals surface area (Å²) in [5.74, 6) is -0.495. The first kappa shape index (κ1) is 9.21. The largest absolute Gasteiger partial charge is 0.206 e. The zero-order valence-electron chi connectivity index (χ0n) is 6.51. The molecule has 0 aromatic heterocycles. The summed E-state index contributed by atoms with van der Waals surface area (Å²) >= 11 is 3.06. The number of nitrogens with zero attached hydrogens (tertiary/aromatic N) is 1. The molecule has 1 aromatic rings. The van der Waals surface area contributed by atoms with E-state index in [0.29, 0.717) is 4.47 Å². The molecule has 1 unspecified atom stereocenters. The third-order valence-electron chi connectivity index (χ3n) is 1.64. The predicted octanol–water partition coefficient (Wildman–Crippen LogP) is 3.22. The Morgan fingerprint density at radius 3 is 2.75 bits per heavy atom. The summed E-state index contributed by atoms with van der Waals surface area (Å²) in [5, 5.41) is 8.59. The van der Waals surface area contributed by atoms with E-state index in [1.54, 1.807) is 19.1 Å². The summed E-state index contributed by atoms with van der Waals surface area (Å²) < 4.78 is 13.1. The van der Waals surface area contributed by atoms with Crippen LogP contribution >= 0.6 is 15.9 Å². The second-order valence-electron chi connectivity index (χ2n) is 2.52. The molecule has 1 rings (SSSR count). The Hall–Kier alpha value is -0.880. The van der Waals surface area contributed by atoms with Crippen molar-refractivity contribution in [3.05, 3.63) is 34.1 Å². The smallest absolute Gasteiger partial charge is 0.137 e. The Morgan fingerprint density at radius 1 is 1.58 bits per heavy atom. The second-order valence-corrected chi connectivity index (χ2v) is 3.38. The highest BCUT2D eigenvalue weighted by Crippen LogP contribution is 2.21. The average molecular weight is 228 g/mol. The molecule has 62 valence electrons. The van der Waals surface area contributed by atoms with E-state index in [4.69, 9.17) is 5.26 Å². The molecular formula is C9H7BrFN. The van der Waals surface area contributed by atoms with E-state index in [1.807, 2.05) is 0 Å². The van der Waals surface area contributed by atoms with Crippen molar-refractivity contribution >= 4 is 15.9 Å². The quantitative estimate of drug-likeness (QED) is 0.723. The highest BCUT2D eigenvalue weighted by atomic mass is 79.9. The summed E-state index contributed by atoms with van der Waals surface area (Å²) in [7, 11) is 0. The van der Waals surface area contributed by atoms with E-state index >= 15 is 0 Å². The number of nitriles is 1. The predicted molar refractivity (Wildman–Crippen MR) is 48.1 cm³/mol. The number of hydrogen-bond acceptors (Lipinski definition) is 1. The SMILES string of the molecule is CC(C#N)c1ccc(F)c(Br)c1. The summed E-state index contributed by atoms with van der Waals surface area (Å²) in [6.45, 7) is 1.78. The van der Waals surface area contributed by atoms with Gasteiger partial charge in [0.15, 0.2) is 0 Å².